The third-order valence-electron chi connectivity index (χ3n) is 4.52. The van der Waals surface area contributed by atoms with E-state index in [4.69, 9.17) is 19.9 Å². The summed E-state index contributed by atoms with van der Waals surface area (Å²) < 4.78 is 19.4. The van der Waals surface area contributed by atoms with Crippen LogP contribution in [-0.2, 0) is 14.2 Å². The Morgan fingerprint density at radius 1 is 1.33 bits per heavy atom. The molecule has 0 amide bonds. The van der Waals surface area contributed by atoms with Crippen LogP contribution in [0.25, 0.3) is 11.2 Å². The monoisotopic (exact) mass is 335 g/mol. The summed E-state index contributed by atoms with van der Waals surface area (Å²) in [4.78, 5) is 12.4. The zero-order chi connectivity index (χ0) is 16.5. The molecule has 2 aliphatic rings. The molecule has 3 N–H and O–H groups in total. The van der Waals surface area contributed by atoms with Crippen LogP contribution in [0.1, 0.15) is 31.9 Å². The van der Waals surface area contributed by atoms with Crippen LogP contribution in [-0.4, -0.2) is 56.3 Å². The van der Waals surface area contributed by atoms with Gasteiger partial charge in [-0.2, -0.15) is 0 Å². The van der Waals surface area contributed by atoms with Crippen molar-refractivity contribution >= 4 is 17.0 Å². The maximum absolute atomic E-state index is 9.62. The van der Waals surface area contributed by atoms with E-state index in [0.717, 1.165) is 19.3 Å². The Labute approximate surface area is 138 Å². The summed E-state index contributed by atoms with van der Waals surface area (Å²) in [6.45, 7) is 0.603. The van der Waals surface area contributed by atoms with E-state index >= 15 is 0 Å². The number of nitrogens with two attached hydrogens (primary N) is 1. The van der Waals surface area contributed by atoms with E-state index in [2.05, 4.69) is 15.0 Å². The minimum Gasteiger partial charge on any atom is -0.394 e. The summed E-state index contributed by atoms with van der Waals surface area (Å²) >= 11 is 0. The molecule has 2 fully saturated rings. The molecular formula is C15H21N5O4. The van der Waals surface area contributed by atoms with Crippen LogP contribution in [0.15, 0.2) is 12.7 Å². The van der Waals surface area contributed by atoms with Crippen molar-refractivity contribution in [2.75, 3.05) is 18.9 Å². The topological polar surface area (TPSA) is 118 Å². The molecule has 4 heterocycles. The Kier molecular flexibility index (Phi) is 4.31. The zero-order valence-corrected chi connectivity index (χ0v) is 13.2. The minimum absolute atomic E-state index is 0.113. The van der Waals surface area contributed by atoms with Crippen LogP contribution in [0, 0.1) is 0 Å². The standard InChI is InChI=1S/C15H21N5O4/c16-14-13-15(18-7-17-14)20(8-19-13)11-5-9(10(6-21)23-11)24-12-3-1-2-4-22-12/h7-12,21H,1-6H2,(H2,16,17,18)/t9-,10+,11+,12?/m1/s1. The van der Waals surface area contributed by atoms with Gasteiger partial charge in [-0.05, 0) is 19.3 Å². The number of fused-ring (bicyclic) bond motifs is 1. The number of nitrogen functional groups attached to an aromatic ring is 1. The van der Waals surface area contributed by atoms with E-state index in [0.29, 0.717) is 30.0 Å². The zero-order valence-electron chi connectivity index (χ0n) is 13.2. The summed E-state index contributed by atoms with van der Waals surface area (Å²) in [5.41, 5.74) is 6.98. The van der Waals surface area contributed by atoms with Crippen LogP contribution in [0.2, 0.25) is 0 Å². The maximum atomic E-state index is 9.62. The van der Waals surface area contributed by atoms with Crippen molar-refractivity contribution in [3.05, 3.63) is 12.7 Å². The number of hydrogen-bond acceptors (Lipinski definition) is 8. The molecule has 2 aliphatic heterocycles. The Balaban J connectivity index is 1.53. The van der Waals surface area contributed by atoms with Crippen LogP contribution >= 0.6 is 0 Å². The van der Waals surface area contributed by atoms with Crippen molar-refractivity contribution in [1.29, 1.82) is 0 Å². The molecule has 2 saturated heterocycles. The Morgan fingerprint density at radius 2 is 2.25 bits per heavy atom. The van der Waals surface area contributed by atoms with E-state index < -0.39 is 6.10 Å². The Morgan fingerprint density at radius 3 is 3.04 bits per heavy atom. The molecule has 0 saturated carbocycles. The Bertz CT molecular complexity index is 702. The lowest BCUT2D eigenvalue weighted by Gasteiger charge is -2.27. The summed E-state index contributed by atoms with van der Waals surface area (Å²) in [6, 6.07) is 0. The molecule has 9 heteroatoms. The van der Waals surface area contributed by atoms with Crippen LogP contribution in [0.4, 0.5) is 5.82 Å². The summed E-state index contributed by atoms with van der Waals surface area (Å²) in [6.07, 6.45) is 5.46. The highest BCUT2D eigenvalue weighted by molar-refractivity contribution is 5.81. The predicted molar refractivity (Wildman–Crippen MR) is 83.8 cm³/mol. The molecule has 0 radical (unpaired) electrons. The number of anilines is 1. The molecule has 4 rings (SSSR count). The van der Waals surface area contributed by atoms with Crippen molar-refractivity contribution in [3.8, 4) is 0 Å². The van der Waals surface area contributed by atoms with Crippen LogP contribution in [0.3, 0.4) is 0 Å². The van der Waals surface area contributed by atoms with E-state index in [-0.39, 0.29) is 25.2 Å². The minimum atomic E-state index is -0.405. The van der Waals surface area contributed by atoms with Gasteiger partial charge >= 0.3 is 0 Å². The van der Waals surface area contributed by atoms with Crippen molar-refractivity contribution in [1.82, 2.24) is 19.5 Å². The number of hydrogen-bond donors (Lipinski definition) is 2. The summed E-state index contributed by atoms with van der Waals surface area (Å²) in [5, 5.41) is 9.62. The van der Waals surface area contributed by atoms with Gasteiger partial charge in [-0.1, -0.05) is 0 Å². The molecule has 130 valence electrons. The number of nitrogens with zero attached hydrogens (tertiary/aromatic N) is 4. The van der Waals surface area contributed by atoms with Gasteiger partial charge in [-0.3, -0.25) is 4.57 Å². The fraction of sp³-hybridized carbons (Fsp3) is 0.667. The third kappa shape index (κ3) is 2.84. The number of rotatable bonds is 4. The molecule has 0 aromatic carbocycles. The Hall–Kier alpha value is -1.81. The van der Waals surface area contributed by atoms with Crippen molar-refractivity contribution in [2.45, 2.75) is 50.4 Å². The first-order chi connectivity index (χ1) is 11.8. The number of aromatic nitrogens is 4. The number of aliphatic hydroxyl groups is 1. The number of aliphatic hydroxyl groups excluding tert-OH is 1. The molecule has 0 spiro atoms. The first kappa shape index (κ1) is 15.7. The van der Waals surface area contributed by atoms with E-state index in [1.807, 2.05) is 0 Å². The molecular weight excluding hydrogens is 314 g/mol. The summed E-state index contributed by atoms with van der Waals surface area (Å²) in [7, 11) is 0. The van der Waals surface area contributed by atoms with E-state index in [1.165, 1.54) is 6.33 Å². The SMILES string of the molecule is Nc1ncnc2c1ncn2[C@@H]1C[C@@H](OC2CCCCO2)[C@H](CO)O1. The highest BCUT2D eigenvalue weighted by Gasteiger charge is 2.39. The second-order valence-electron chi connectivity index (χ2n) is 6.10. The average molecular weight is 335 g/mol. The number of imidazole rings is 1. The van der Waals surface area contributed by atoms with Crippen molar-refractivity contribution in [3.63, 3.8) is 0 Å². The van der Waals surface area contributed by atoms with Crippen molar-refractivity contribution in [2.24, 2.45) is 0 Å². The second kappa shape index (κ2) is 6.60. The average Bonchev–Trinajstić information content (AvgIpc) is 3.20. The van der Waals surface area contributed by atoms with E-state index in [1.54, 1.807) is 10.9 Å². The maximum Gasteiger partial charge on any atom is 0.167 e. The molecule has 1 unspecified atom stereocenters. The molecule has 9 nitrogen and oxygen atoms in total. The van der Waals surface area contributed by atoms with Gasteiger partial charge in [-0.15, -0.1) is 0 Å². The lowest BCUT2D eigenvalue weighted by atomic mass is 10.1. The molecule has 24 heavy (non-hydrogen) atoms. The quantitative estimate of drug-likeness (QED) is 0.834. The lowest BCUT2D eigenvalue weighted by molar-refractivity contribution is -0.199. The largest absolute Gasteiger partial charge is 0.394 e. The fourth-order valence-electron chi connectivity index (χ4n) is 3.27. The normalized spacial score (nSPS) is 30.9. The highest BCUT2D eigenvalue weighted by atomic mass is 16.7. The van der Waals surface area contributed by atoms with Gasteiger partial charge in [0, 0.05) is 13.0 Å². The fourth-order valence-corrected chi connectivity index (χ4v) is 3.27. The smallest absolute Gasteiger partial charge is 0.167 e. The molecule has 0 aliphatic carbocycles. The molecule has 0 bridgehead atoms. The van der Waals surface area contributed by atoms with Gasteiger partial charge in [0.25, 0.3) is 0 Å². The molecule has 4 atom stereocenters. The van der Waals surface area contributed by atoms with Crippen molar-refractivity contribution < 1.29 is 19.3 Å². The molecule has 2 aromatic heterocycles. The van der Waals surface area contributed by atoms with Crippen LogP contribution in [0.5, 0.6) is 0 Å². The third-order valence-corrected chi connectivity index (χ3v) is 4.52. The van der Waals surface area contributed by atoms with Gasteiger partial charge in [0.1, 0.15) is 24.2 Å². The lowest BCUT2D eigenvalue weighted by Crippen LogP contribution is -2.34. The van der Waals surface area contributed by atoms with E-state index in [9.17, 15) is 5.11 Å². The van der Waals surface area contributed by atoms with Gasteiger partial charge in [0.05, 0.1) is 19.0 Å². The van der Waals surface area contributed by atoms with Gasteiger partial charge < -0.3 is 25.1 Å². The van der Waals surface area contributed by atoms with Gasteiger partial charge in [-0.25, -0.2) is 15.0 Å². The first-order valence-electron chi connectivity index (χ1n) is 8.22. The predicted octanol–water partition coefficient (Wildman–Crippen LogP) is 0.600. The summed E-state index contributed by atoms with van der Waals surface area (Å²) in [5.74, 6) is 0.332. The second-order valence-corrected chi connectivity index (χ2v) is 6.10. The van der Waals surface area contributed by atoms with Crippen LogP contribution < -0.4 is 5.73 Å². The van der Waals surface area contributed by atoms with Gasteiger partial charge in [0.15, 0.2) is 17.8 Å². The molecule has 2 aromatic rings. The number of ether oxygens (including phenoxy) is 3. The van der Waals surface area contributed by atoms with Gasteiger partial charge in [0.2, 0.25) is 0 Å². The highest BCUT2D eigenvalue weighted by Crippen LogP contribution is 2.34. The first-order valence-corrected chi connectivity index (χ1v) is 8.22.